The van der Waals surface area contributed by atoms with Crippen LogP contribution in [0.15, 0.2) is 23.5 Å². The Labute approximate surface area is 190 Å². The molecule has 0 spiro atoms. The second kappa shape index (κ2) is 8.50. The maximum Gasteiger partial charge on any atom is 0.309 e. The lowest BCUT2D eigenvalue weighted by Crippen LogP contribution is -2.23. The summed E-state index contributed by atoms with van der Waals surface area (Å²) in [6, 6.07) is 4.14. The van der Waals surface area contributed by atoms with Crippen molar-refractivity contribution in [3.05, 3.63) is 40.0 Å². The number of nitrogens with zero attached hydrogens (tertiary/aromatic N) is 3. The maximum absolute atomic E-state index is 12.3. The fourth-order valence-corrected chi connectivity index (χ4v) is 5.65. The number of hydrogen-bond acceptors (Lipinski definition) is 8. The number of benzene rings is 1. The first-order chi connectivity index (χ1) is 15.5. The number of anilines is 2. The molecule has 2 aromatic heterocycles. The molecule has 0 fully saturated rings. The molecule has 0 radical (unpaired) electrons. The van der Waals surface area contributed by atoms with Gasteiger partial charge in [0.2, 0.25) is 0 Å². The number of thiophene rings is 1. The predicted molar refractivity (Wildman–Crippen MR) is 126 cm³/mol. The Morgan fingerprint density at radius 1 is 1.31 bits per heavy atom. The van der Waals surface area contributed by atoms with Gasteiger partial charge in [0.25, 0.3) is 0 Å². The van der Waals surface area contributed by atoms with E-state index in [4.69, 9.17) is 9.47 Å². The largest absolute Gasteiger partial charge is 0.489 e. The lowest BCUT2D eigenvalue weighted by Gasteiger charge is -2.21. The predicted octanol–water partition coefficient (Wildman–Crippen LogP) is 4.82. The highest BCUT2D eigenvalue weighted by Crippen LogP contribution is 2.42. The van der Waals surface area contributed by atoms with Gasteiger partial charge in [-0.25, -0.2) is 9.97 Å². The van der Waals surface area contributed by atoms with Crippen molar-refractivity contribution in [2.45, 2.75) is 52.7 Å². The van der Waals surface area contributed by atoms with Crippen LogP contribution in [0, 0.1) is 5.92 Å². The van der Waals surface area contributed by atoms with Crippen LogP contribution in [0.3, 0.4) is 0 Å². The molecule has 166 valence electrons. The molecule has 0 saturated heterocycles. The number of carbonyl (C=O) groups excluding carboxylic acids is 1. The number of rotatable bonds is 6. The van der Waals surface area contributed by atoms with Gasteiger partial charge in [0, 0.05) is 11.1 Å². The number of fused-ring (bicyclic) bond motifs is 4. The molecule has 5 rings (SSSR count). The Balaban J connectivity index is 1.52. The summed E-state index contributed by atoms with van der Waals surface area (Å²) in [6.07, 6.45) is 5.83. The molecule has 1 N–H and O–H groups in total. The number of carbonyl (C=O) groups is 1. The zero-order chi connectivity index (χ0) is 22.2. The zero-order valence-corrected chi connectivity index (χ0v) is 19.3. The number of aryl methyl sites for hydroxylation is 1. The van der Waals surface area contributed by atoms with E-state index in [0.717, 1.165) is 51.4 Å². The van der Waals surface area contributed by atoms with E-state index in [1.807, 2.05) is 27.0 Å². The Hall–Kier alpha value is -3.00. The van der Waals surface area contributed by atoms with Crippen molar-refractivity contribution < 1.29 is 14.3 Å². The highest BCUT2D eigenvalue weighted by atomic mass is 32.1. The van der Waals surface area contributed by atoms with Crippen molar-refractivity contribution >= 4 is 45.2 Å². The molecule has 1 atom stereocenters. The molecule has 7 nitrogen and oxygen atoms in total. The van der Waals surface area contributed by atoms with Crippen molar-refractivity contribution in [3.8, 4) is 5.75 Å². The molecule has 1 aliphatic carbocycles. The molecule has 3 heterocycles. The maximum atomic E-state index is 12.3. The van der Waals surface area contributed by atoms with Crippen molar-refractivity contribution in [2.24, 2.45) is 10.9 Å². The SMILES string of the molecule is CCOC(=O)C1CCc2c(sc3ncnc(Nc4cc5c(cc4OC(C)C)CN=C5)c23)C1. The first-order valence-electron chi connectivity index (χ1n) is 11.1. The van der Waals surface area contributed by atoms with E-state index < -0.39 is 0 Å². The van der Waals surface area contributed by atoms with Gasteiger partial charge in [-0.1, -0.05) is 0 Å². The minimum atomic E-state index is -0.102. The molecular formula is C24H26N4O3S. The normalized spacial score (nSPS) is 16.8. The van der Waals surface area contributed by atoms with Gasteiger partial charge in [-0.05, 0) is 68.9 Å². The highest BCUT2D eigenvalue weighted by Gasteiger charge is 2.30. The standard InChI is InChI=1S/C24H26N4O3S/c1-4-30-24(29)14-5-6-17-20(9-14)32-23-21(17)22(26-12-27-23)28-18-7-15-10-25-11-16(15)8-19(18)31-13(2)3/h7-8,10,12-14H,4-6,9,11H2,1-3H3,(H,26,27,28). The minimum Gasteiger partial charge on any atom is -0.489 e. The molecule has 1 unspecified atom stereocenters. The zero-order valence-electron chi connectivity index (χ0n) is 18.5. The quantitative estimate of drug-likeness (QED) is 0.542. The van der Waals surface area contributed by atoms with Crippen LogP contribution in [-0.4, -0.2) is 34.9 Å². The van der Waals surface area contributed by atoms with Gasteiger partial charge < -0.3 is 14.8 Å². The molecule has 32 heavy (non-hydrogen) atoms. The van der Waals surface area contributed by atoms with E-state index in [0.29, 0.717) is 19.6 Å². The Kier molecular flexibility index (Phi) is 5.55. The van der Waals surface area contributed by atoms with Crippen molar-refractivity contribution in [1.82, 2.24) is 9.97 Å². The average molecular weight is 451 g/mol. The third kappa shape index (κ3) is 3.83. The van der Waals surface area contributed by atoms with Crippen LogP contribution in [0.1, 0.15) is 48.8 Å². The molecule has 0 bridgehead atoms. The fraction of sp³-hybridized carbons (Fsp3) is 0.417. The minimum absolute atomic E-state index is 0.0510. The van der Waals surface area contributed by atoms with Gasteiger partial charge in [-0.3, -0.25) is 9.79 Å². The number of aliphatic imine (C=N–C) groups is 1. The summed E-state index contributed by atoms with van der Waals surface area (Å²) in [6.45, 7) is 6.99. The van der Waals surface area contributed by atoms with Crippen molar-refractivity contribution in [2.75, 3.05) is 11.9 Å². The van der Waals surface area contributed by atoms with Gasteiger partial charge in [0.1, 0.15) is 22.7 Å². The summed E-state index contributed by atoms with van der Waals surface area (Å²) in [5, 5.41) is 4.56. The Morgan fingerprint density at radius 3 is 3.00 bits per heavy atom. The average Bonchev–Trinajstić information content (AvgIpc) is 3.37. The molecule has 8 heteroatoms. The van der Waals surface area contributed by atoms with Gasteiger partial charge in [0.15, 0.2) is 0 Å². The number of esters is 1. The van der Waals surface area contributed by atoms with Crippen LogP contribution in [0.2, 0.25) is 0 Å². The number of nitrogens with one attached hydrogen (secondary N) is 1. The van der Waals surface area contributed by atoms with Gasteiger partial charge in [-0.2, -0.15) is 0 Å². The van der Waals surface area contributed by atoms with E-state index in [1.165, 1.54) is 10.4 Å². The summed E-state index contributed by atoms with van der Waals surface area (Å²) in [5.41, 5.74) is 4.36. The molecule has 0 saturated carbocycles. The van der Waals surface area contributed by atoms with Crippen molar-refractivity contribution in [1.29, 1.82) is 0 Å². The van der Waals surface area contributed by atoms with Crippen molar-refractivity contribution in [3.63, 3.8) is 0 Å². The molecule has 0 amide bonds. The first-order valence-corrected chi connectivity index (χ1v) is 11.9. The van der Waals surface area contributed by atoms with Crippen LogP contribution in [0.4, 0.5) is 11.5 Å². The van der Waals surface area contributed by atoms with Crippen LogP contribution in [0.25, 0.3) is 10.2 Å². The smallest absolute Gasteiger partial charge is 0.309 e. The number of hydrogen-bond donors (Lipinski definition) is 1. The Bertz CT molecular complexity index is 1220. The Morgan fingerprint density at radius 2 is 2.19 bits per heavy atom. The molecule has 2 aliphatic rings. The fourth-order valence-electron chi connectivity index (χ4n) is 4.38. The molecule has 3 aromatic rings. The number of ether oxygens (including phenoxy) is 2. The number of aromatic nitrogens is 2. The second-order valence-electron chi connectivity index (χ2n) is 8.41. The second-order valence-corrected chi connectivity index (χ2v) is 9.49. The highest BCUT2D eigenvalue weighted by molar-refractivity contribution is 7.19. The molecular weight excluding hydrogens is 424 g/mol. The van der Waals surface area contributed by atoms with Crippen LogP contribution >= 0.6 is 11.3 Å². The van der Waals surface area contributed by atoms with Crippen LogP contribution in [-0.2, 0) is 28.9 Å². The van der Waals surface area contributed by atoms with Gasteiger partial charge in [0.05, 0.1) is 36.2 Å². The third-order valence-electron chi connectivity index (χ3n) is 5.81. The first kappa shape index (κ1) is 20.9. The summed E-state index contributed by atoms with van der Waals surface area (Å²) in [5.74, 6) is 1.38. The summed E-state index contributed by atoms with van der Waals surface area (Å²) in [4.78, 5) is 27.9. The topological polar surface area (TPSA) is 85.7 Å². The van der Waals surface area contributed by atoms with Gasteiger partial charge in [-0.15, -0.1) is 11.3 Å². The van der Waals surface area contributed by atoms with E-state index in [9.17, 15) is 4.79 Å². The van der Waals surface area contributed by atoms with E-state index in [-0.39, 0.29) is 18.0 Å². The summed E-state index contributed by atoms with van der Waals surface area (Å²) >= 11 is 1.65. The lowest BCUT2D eigenvalue weighted by atomic mass is 9.88. The monoisotopic (exact) mass is 450 g/mol. The van der Waals surface area contributed by atoms with E-state index in [1.54, 1.807) is 17.7 Å². The van der Waals surface area contributed by atoms with Crippen LogP contribution < -0.4 is 10.1 Å². The van der Waals surface area contributed by atoms with Gasteiger partial charge >= 0.3 is 5.97 Å². The molecule has 1 aliphatic heterocycles. The van der Waals surface area contributed by atoms with E-state index >= 15 is 0 Å². The lowest BCUT2D eigenvalue weighted by molar-refractivity contribution is -0.148. The molecule has 1 aromatic carbocycles. The summed E-state index contributed by atoms with van der Waals surface area (Å²) < 4.78 is 11.4. The van der Waals surface area contributed by atoms with Crippen LogP contribution in [0.5, 0.6) is 5.75 Å². The van der Waals surface area contributed by atoms with E-state index in [2.05, 4.69) is 32.4 Å². The third-order valence-corrected chi connectivity index (χ3v) is 6.98. The summed E-state index contributed by atoms with van der Waals surface area (Å²) in [7, 11) is 0.